The zero-order chi connectivity index (χ0) is 15.2. The molecule has 0 bridgehead atoms. The summed E-state index contributed by atoms with van der Waals surface area (Å²) in [6.07, 6.45) is -0.867. The van der Waals surface area contributed by atoms with Gasteiger partial charge in [-0.15, -0.1) is 11.3 Å². The molecule has 0 aliphatic rings. The molecule has 0 spiro atoms. The fourth-order valence-corrected chi connectivity index (χ4v) is 2.40. The average Bonchev–Trinajstić information content (AvgIpc) is 2.90. The lowest BCUT2D eigenvalue weighted by atomic mass is 10.3. The fourth-order valence-electron chi connectivity index (χ4n) is 1.34. The van der Waals surface area contributed by atoms with E-state index in [1.54, 1.807) is 23.6 Å². The Labute approximate surface area is 134 Å². The minimum Gasteiger partial charge on any atom is -0.480 e. The van der Waals surface area contributed by atoms with Crippen LogP contribution in [0.4, 0.5) is 9.80 Å². The summed E-state index contributed by atoms with van der Waals surface area (Å²) < 4.78 is 9.68. The number of halogens is 2. The van der Waals surface area contributed by atoms with Crippen LogP contribution in [0.25, 0.3) is 0 Å². The van der Waals surface area contributed by atoms with Gasteiger partial charge in [-0.2, -0.15) is 0 Å². The Hall–Kier alpha value is -1.76. The molecule has 1 N–H and O–H groups in total. The molecule has 1 heterocycles. The third kappa shape index (κ3) is 4.93. The van der Waals surface area contributed by atoms with Crippen LogP contribution in [0.1, 0.15) is 0 Å². The average molecular weight is 346 g/mol. The minimum absolute atomic E-state index is 0.262. The van der Waals surface area contributed by atoms with Gasteiger partial charge in [0.1, 0.15) is 5.75 Å². The zero-order valence-corrected chi connectivity index (χ0v) is 12.8. The van der Waals surface area contributed by atoms with Crippen molar-refractivity contribution in [2.75, 3.05) is 11.9 Å². The van der Waals surface area contributed by atoms with Crippen molar-refractivity contribution in [3.8, 4) is 5.75 Å². The second kappa shape index (κ2) is 7.31. The number of amides is 1. The summed E-state index contributed by atoms with van der Waals surface area (Å²) in [6.45, 7) is -0.445. The van der Waals surface area contributed by atoms with Crippen LogP contribution in [0.5, 0.6) is 5.75 Å². The monoisotopic (exact) mass is 345 g/mol. The maximum Gasteiger partial charge on any atom is 0.420 e. The van der Waals surface area contributed by atoms with Gasteiger partial charge in [0, 0.05) is 5.02 Å². The van der Waals surface area contributed by atoms with E-state index in [-0.39, 0.29) is 10.8 Å². The number of hydrogen-bond donors (Lipinski definition) is 1. The van der Waals surface area contributed by atoms with E-state index >= 15 is 0 Å². The molecule has 2 rings (SSSR count). The molecule has 2 aromatic rings. The molecule has 0 saturated heterocycles. The Kier molecular flexibility index (Phi) is 5.44. The highest BCUT2D eigenvalue weighted by Crippen LogP contribution is 2.27. The predicted octanol–water partition coefficient (Wildman–Crippen LogP) is 4.21. The first kappa shape index (κ1) is 15.6. The third-order valence-corrected chi connectivity index (χ3v) is 3.51. The lowest BCUT2D eigenvalue weighted by Crippen LogP contribution is -2.22. The van der Waals surface area contributed by atoms with Gasteiger partial charge in [-0.05, 0) is 35.7 Å². The van der Waals surface area contributed by atoms with Crippen LogP contribution in [0.2, 0.25) is 10.0 Å². The lowest BCUT2D eigenvalue weighted by molar-refractivity contribution is -0.139. The van der Waals surface area contributed by atoms with Crippen molar-refractivity contribution in [2.24, 2.45) is 0 Å². The van der Waals surface area contributed by atoms with E-state index in [1.807, 2.05) is 0 Å². The Morgan fingerprint density at radius 1 is 1.24 bits per heavy atom. The van der Waals surface area contributed by atoms with Gasteiger partial charge in [0.05, 0.1) is 10.0 Å². The quantitative estimate of drug-likeness (QED) is 0.665. The van der Waals surface area contributed by atoms with Gasteiger partial charge in [0.2, 0.25) is 0 Å². The number of hydrogen-bond acceptors (Lipinski definition) is 5. The van der Waals surface area contributed by atoms with E-state index in [4.69, 9.17) is 27.9 Å². The van der Waals surface area contributed by atoms with Crippen LogP contribution in [0.3, 0.4) is 0 Å². The molecule has 5 nitrogen and oxygen atoms in total. The second-order valence-electron chi connectivity index (χ2n) is 3.73. The largest absolute Gasteiger partial charge is 0.480 e. The maximum absolute atomic E-state index is 11.5. The van der Waals surface area contributed by atoms with Crippen molar-refractivity contribution in [1.29, 1.82) is 0 Å². The normalized spacial score (nSPS) is 10.0. The van der Waals surface area contributed by atoms with Gasteiger partial charge in [-0.3, -0.25) is 5.32 Å². The molecule has 0 saturated carbocycles. The Morgan fingerprint density at radius 2 is 2.05 bits per heavy atom. The summed E-state index contributed by atoms with van der Waals surface area (Å²) in [4.78, 5) is 22.9. The van der Waals surface area contributed by atoms with Gasteiger partial charge in [0.25, 0.3) is 0 Å². The first-order valence-electron chi connectivity index (χ1n) is 5.67. The van der Waals surface area contributed by atoms with Crippen LogP contribution < -0.4 is 10.1 Å². The van der Waals surface area contributed by atoms with Crippen molar-refractivity contribution in [3.63, 3.8) is 0 Å². The van der Waals surface area contributed by atoms with Gasteiger partial charge in [-0.1, -0.05) is 23.2 Å². The molecule has 0 fully saturated rings. The van der Waals surface area contributed by atoms with Crippen molar-refractivity contribution < 1.29 is 19.1 Å². The summed E-state index contributed by atoms with van der Waals surface area (Å²) in [6, 6.07) is 8.00. The molecule has 110 valence electrons. The number of esters is 1. The van der Waals surface area contributed by atoms with Crippen molar-refractivity contribution in [3.05, 3.63) is 45.8 Å². The van der Waals surface area contributed by atoms with Crippen LogP contribution >= 0.6 is 34.5 Å². The number of carbonyl (C=O) groups excluding carboxylic acids is 2. The Morgan fingerprint density at radius 3 is 2.71 bits per heavy atom. The molecule has 0 radical (unpaired) electrons. The Balaban J connectivity index is 1.80. The zero-order valence-electron chi connectivity index (χ0n) is 10.5. The topological polar surface area (TPSA) is 64.6 Å². The van der Waals surface area contributed by atoms with Gasteiger partial charge < -0.3 is 9.47 Å². The fraction of sp³-hybridized carbons (Fsp3) is 0.0769. The number of benzene rings is 1. The highest BCUT2D eigenvalue weighted by atomic mass is 35.5. The molecule has 0 aliphatic carbocycles. The number of ether oxygens (including phenoxy) is 2. The molecular weight excluding hydrogens is 337 g/mol. The van der Waals surface area contributed by atoms with Crippen LogP contribution in [-0.2, 0) is 9.53 Å². The minimum atomic E-state index is -0.867. The molecule has 1 aromatic heterocycles. The predicted molar refractivity (Wildman–Crippen MR) is 81.4 cm³/mol. The van der Waals surface area contributed by atoms with E-state index in [9.17, 15) is 9.59 Å². The number of rotatable bonds is 4. The number of nitrogens with one attached hydrogen (secondary N) is 1. The van der Waals surface area contributed by atoms with Crippen LogP contribution in [-0.4, -0.2) is 18.7 Å². The van der Waals surface area contributed by atoms with E-state index in [2.05, 4.69) is 10.1 Å². The summed E-state index contributed by atoms with van der Waals surface area (Å²) in [5.41, 5.74) is 0. The van der Waals surface area contributed by atoms with E-state index in [0.29, 0.717) is 10.0 Å². The highest BCUT2D eigenvalue weighted by Gasteiger charge is 2.13. The van der Waals surface area contributed by atoms with Crippen LogP contribution in [0, 0.1) is 0 Å². The molecule has 1 amide bonds. The number of carbonyl (C=O) groups is 2. The van der Waals surface area contributed by atoms with Crippen molar-refractivity contribution in [1.82, 2.24) is 0 Å². The van der Waals surface area contributed by atoms with Gasteiger partial charge >= 0.3 is 12.1 Å². The summed E-state index contributed by atoms with van der Waals surface area (Å²) >= 11 is 12.9. The van der Waals surface area contributed by atoms with E-state index < -0.39 is 18.7 Å². The number of anilines is 1. The standard InChI is InChI=1S/C13H9Cl2NO4S/c14-8-3-4-10(9(15)6-8)19-7-12(17)20-13(18)16-11-2-1-5-21-11/h1-6H,7H2,(H,16,18). The van der Waals surface area contributed by atoms with Crippen LogP contribution in [0.15, 0.2) is 35.7 Å². The summed E-state index contributed by atoms with van der Waals surface area (Å²) in [7, 11) is 0. The molecule has 0 atom stereocenters. The molecule has 8 heteroatoms. The molecule has 0 aliphatic heterocycles. The Bertz CT molecular complexity index is 646. The summed E-state index contributed by atoms with van der Waals surface area (Å²) in [5.74, 6) is -0.563. The molecule has 21 heavy (non-hydrogen) atoms. The molecule has 0 unspecified atom stereocenters. The van der Waals surface area contributed by atoms with E-state index in [0.717, 1.165) is 0 Å². The van der Waals surface area contributed by atoms with Crippen molar-refractivity contribution >= 4 is 51.6 Å². The summed E-state index contributed by atoms with van der Waals surface area (Å²) in [5, 5.41) is 5.48. The first-order chi connectivity index (χ1) is 10.0. The smallest absolute Gasteiger partial charge is 0.420 e. The lowest BCUT2D eigenvalue weighted by Gasteiger charge is -2.07. The SMILES string of the molecule is O=C(COc1ccc(Cl)cc1Cl)OC(=O)Nc1cccs1. The third-order valence-electron chi connectivity index (χ3n) is 2.19. The molecular formula is C13H9Cl2NO4S. The second-order valence-corrected chi connectivity index (χ2v) is 5.52. The van der Waals surface area contributed by atoms with Gasteiger partial charge in [-0.25, -0.2) is 9.59 Å². The highest BCUT2D eigenvalue weighted by molar-refractivity contribution is 7.14. The first-order valence-corrected chi connectivity index (χ1v) is 7.31. The number of thiophene rings is 1. The van der Waals surface area contributed by atoms with Crippen molar-refractivity contribution in [2.45, 2.75) is 0 Å². The van der Waals surface area contributed by atoms with Gasteiger partial charge in [0.15, 0.2) is 6.61 Å². The van der Waals surface area contributed by atoms with E-state index in [1.165, 1.54) is 23.5 Å². The molecule has 1 aromatic carbocycles. The maximum atomic E-state index is 11.5.